The zero-order valence-electron chi connectivity index (χ0n) is 12.3. The highest BCUT2D eigenvalue weighted by atomic mass is 16.5. The summed E-state index contributed by atoms with van der Waals surface area (Å²) in [5.41, 5.74) is 9.60. The van der Waals surface area contributed by atoms with Gasteiger partial charge in [-0.05, 0) is 47.8 Å². The molecule has 2 N–H and O–H groups in total. The summed E-state index contributed by atoms with van der Waals surface area (Å²) in [6, 6.07) is 6.58. The van der Waals surface area contributed by atoms with Crippen LogP contribution in [-0.4, -0.2) is 6.61 Å². The highest BCUT2D eigenvalue weighted by Crippen LogP contribution is 2.47. The number of hydrogen-bond acceptors (Lipinski definition) is 2. The maximum atomic E-state index is 6.80. The molecule has 1 fully saturated rings. The Morgan fingerprint density at radius 3 is 2.79 bits per heavy atom. The monoisotopic (exact) mass is 259 g/mol. The van der Waals surface area contributed by atoms with E-state index in [9.17, 15) is 0 Å². The minimum Gasteiger partial charge on any atom is -0.493 e. The van der Waals surface area contributed by atoms with Crippen LogP contribution in [0.15, 0.2) is 18.2 Å². The van der Waals surface area contributed by atoms with Crippen molar-refractivity contribution in [2.75, 3.05) is 6.61 Å². The molecule has 3 rings (SSSR count). The average molecular weight is 259 g/mol. The van der Waals surface area contributed by atoms with Crippen LogP contribution in [0.5, 0.6) is 5.75 Å². The van der Waals surface area contributed by atoms with Crippen LogP contribution in [0.2, 0.25) is 0 Å². The van der Waals surface area contributed by atoms with Crippen molar-refractivity contribution in [3.63, 3.8) is 0 Å². The van der Waals surface area contributed by atoms with Crippen molar-refractivity contribution < 1.29 is 4.74 Å². The van der Waals surface area contributed by atoms with E-state index in [0.717, 1.165) is 31.6 Å². The second-order valence-electron chi connectivity index (χ2n) is 7.43. The van der Waals surface area contributed by atoms with Crippen molar-refractivity contribution in [3.8, 4) is 5.75 Å². The van der Waals surface area contributed by atoms with E-state index in [4.69, 9.17) is 10.5 Å². The van der Waals surface area contributed by atoms with Gasteiger partial charge in [0.1, 0.15) is 5.75 Å². The fourth-order valence-electron chi connectivity index (χ4n) is 4.35. The Balaban J connectivity index is 1.95. The maximum Gasteiger partial charge on any atom is 0.122 e. The molecular weight excluding hydrogens is 234 g/mol. The van der Waals surface area contributed by atoms with Gasteiger partial charge in [-0.15, -0.1) is 0 Å². The van der Waals surface area contributed by atoms with Gasteiger partial charge in [0, 0.05) is 12.0 Å². The van der Waals surface area contributed by atoms with E-state index in [2.05, 4.69) is 39.0 Å². The summed E-state index contributed by atoms with van der Waals surface area (Å²) < 4.78 is 5.59. The van der Waals surface area contributed by atoms with Crippen molar-refractivity contribution in [1.82, 2.24) is 0 Å². The molecule has 2 nitrogen and oxygen atoms in total. The Morgan fingerprint density at radius 1 is 1.26 bits per heavy atom. The van der Waals surface area contributed by atoms with Gasteiger partial charge in [0.2, 0.25) is 0 Å². The van der Waals surface area contributed by atoms with Gasteiger partial charge >= 0.3 is 0 Å². The van der Waals surface area contributed by atoms with Crippen LogP contribution in [0.4, 0.5) is 0 Å². The molecular formula is C17H25NO. The molecule has 0 amide bonds. The standard InChI is InChI=1S/C17H25NO/c1-12-9-16(2,3)11-17(18,10-12)14-4-5-15-13(8-14)6-7-19-15/h4-5,8,12H,6-7,9-11,18H2,1-3H3. The smallest absolute Gasteiger partial charge is 0.122 e. The Hall–Kier alpha value is -1.02. The third kappa shape index (κ3) is 2.38. The number of hydrogen-bond donors (Lipinski definition) is 1. The summed E-state index contributed by atoms with van der Waals surface area (Å²) in [6.45, 7) is 7.85. The summed E-state index contributed by atoms with van der Waals surface area (Å²) >= 11 is 0. The molecule has 0 bridgehead atoms. The van der Waals surface area contributed by atoms with E-state index < -0.39 is 0 Å². The second-order valence-corrected chi connectivity index (χ2v) is 7.43. The third-order valence-electron chi connectivity index (χ3n) is 4.67. The van der Waals surface area contributed by atoms with E-state index in [-0.39, 0.29) is 5.54 Å². The van der Waals surface area contributed by atoms with E-state index in [0.29, 0.717) is 11.3 Å². The number of fused-ring (bicyclic) bond motifs is 1. The van der Waals surface area contributed by atoms with Crippen LogP contribution in [0.3, 0.4) is 0 Å². The number of benzene rings is 1. The molecule has 2 aliphatic rings. The highest BCUT2D eigenvalue weighted by Gasteiger charge is 2.41. The van der Waals surface area contributed by atoms with Crippen molar-refractivity contribution >= 4 is 0 Å². The van der Waals surface area contributed by atoms with Crippen molar-refractivity contribution in [2.45, 2.75) is 52.0 Å². The maximum absolute atomic E-state index is 6.80. The van der Waals surface area contributed by atoms with Gasteiger partial charge < -0.3 is 10.5 Å². The molecule has 104 valence electrons. The lowest BCUT2D eigenvalue weighted by Gasteiger charge is -2.46. The van der Waals surface area contributed by atoms with E-state index >= 15 is 0 Å². The van der Waals surface area contributed by atoms with Crippen molar-refractivity contribution in [3.05, 3.63) is 29.3 Å². The van der Waals surface area contributed by atoms with Gasteiger partial charge in [-0.1, -0.05) is 32.9 Å². The van der Waals surface area contributed by atoms with E-state index in [1.165, 1.54) is 17.5 Å². The molecule has 2 unspecified atom stereocenters. The lowest BCUT2D eigenvalue weighted by atomic mass is 9.62. The van der Waals surface area contributed by atoms with Gasteiger partial charge in [-0.25, -0.2) is 0 Å². The lowest BCUT2D eigenvalue weighted by Crippen LogP contribution is -2.46. The van der Waals surface area contributed by atoms with Gasteiger partial charge in [0.15, 0.2) is 0 Å². The van der Waals surface area contributed by atoms with E-state index in [1.807, 2.05) is 0 Å². The summed E-state index contributed by atoms with van der Waals surface area (Å²) in [4.78, 5) is 0. The predicted octanol–water partition coefficient (Wildman–Crippen LogP) is 3.62. The molecule has 0 spiro atoms. The molecule has 0 radical (unpaired) electrons. The molecule has 19 heavy (non-hydrogen) atoms. The average Bonchev–Trinajstić information content (AvgIpc) is 2.71. The number of rotatable bonds is 1. The number of ether oxygens (including phenoxy) is 1. The van der Waals surface area contributed by atoms with Crippen LogP contribution < -0.4 is 10.5 Å². The predicted molar refractivity (Wildman–Crippen MR) is 78.3 cm³/mol. The zero-order valence-corrected chi connectivity index (χ0v) is 12.3. The molecule has 1 aromatic rings. The Kier molecular flexibility index (Phi) is 2.90. The Morgan fingerprint density at radius 2 is 2.05 bits per heavy atom. The molecule has 1 heterocycles. The Labute approximate surface area is 116 Å². The van der Waals surface area contributed by atoms with Crippen LogP contribution in [-0.2, 0) is 12.0 Å². The quantitative estimate of drug-likeness (QED) is 0.836. The molecule has 2 heteroatoms. The van der Waals surface area contributed by atoms with E-state index in [1.54, 1.807) is 0 Å². The van der Waals surface area contributed by atoms with Gasteiger partial charge in [-0.3, -0.25) is 0 Å². The lowest BCUT2D eigenvalue weighted by molar-refractivity contribution is 0.107. The minimum atomic E-state index is -0.168. The van der Waals surface area contributed by atoms with Gasteiger partial charge in [-0.2, -0.15) is 0 Å². The first-order valence-electron chi connectivity index (χ1n) is 7.43. The van der Waals surface area contributed by atoms with Gasteiger partial charge in [0.05, 0.1) is 6.61 Å². The third-order valence-corrected chi connectivity index (χ3v) is 4.67. The van der Waals surface area contributed by atoms with Crippen molar-refractivity contribution in [1.29, 1.82) is 0 Å². The molecule has 0 aromatic heterocycles. The van der Waals surface area contributed by atoms with Crippen LogP contribution in [0.1, 0.15) is 51.2 Å². The first-order chi connectivity index (χ1) is 8.88. The SMILES string of the molecule is CC1CC(C)(C)CC(N)(c2ccc3c(c2)CCO3)C1. The molecule has 1 saturated carbocycles. The summed E-state index contributed by atoms with van der Waals surface area (Å²) in [7, 11) is 0. The summed E-state index contributed by atoms with van der Waals surface area (Å²) in [5.74, 6) is 1.74. The first-order valence-corrected chi connectivity index (χ1v) is 7.43. The second kappa shape index (κ2) is 4.24. The summed E-state index contributed by atoms with van der Waals surface area (Å²) in [5, 5.41) is 0. The molecule has 1 aliphatic heterocycles. The fraction of sp³-hybridized carbons (Fsp3) is 0.647. The van der Waals surface area contributed by atoms with Crippen LogP contribution in [0.25, 0.3) is 0 Å². The molecule has 2 atom stereocenters. The largest absolute Gasteiger partial charge is 0.493 e. The molecule has 1 aliphatic carbocycles. The minimum absolute atomic E-state index is 0.168. The van der Waals surface area contributed by atoms with Crippen molar-refractivity contribution in [2.24, 2.45) is 17.1 Å². The Bertz CT molecular complexity index is 494. The fourth-order valence-corrected chi connectivity index (χ4v) is 4.35. The highest BCUT2D eigenvalue weighted by molar-refractivity contribution is 5.42. The van der Waals surface area contributed by atoms with Gasteiger partial charge in [0.25, 0.3) is 0 Å². The molecule has 1 aromatic carbocycles. The normalized spacial score (nSPS) is 32.7. The topological polar surface area (TPSA) is 35.2 Å². The number of nitrogens with two attached hydrogens (primary N) is 1. The molecule has 0 saturated heterocycles. The van der Waals surface area contributed by atoms with Crippen LogP contribution >= 0.6 is 0 Å². The summed E-state index contributed by atoms with van der Waals surface area (Å²) in [6.07, 6.45) is 4.47. The first kappa shape index (κ1) is 13.0. The zero-order chi connectivity index (χ0) is 13.7. The van der Waals surface area contributed by atoms with Crippen LogP contribution in [0, 0.1) is 11.3 Å².